The lowest BCUT2D eigenvalue weighted by Gasteiger charge is -2.27. The van der Waals surface area contributed by atoms with Gasteiger partial charge in [0.2, 0.25) is 0 Å². The van der Waals surface area contributed by atoms with E-state index in [1.165, 1.54) is 38.2 Å². The normalized spacial score (nSPS) is 18.1. The van der Waals surface area contributed by atoms with Gasteiger partial charge in [-0.15, -0.1) is 0 Å². The first-order chi connectivity index (χ1) is 8.67. The van der Waals surface area contributed by atoms with Crippen molar-refractivity contribution >= 4 is 0 Å². The fourth-order valence-corrected chi connectivity index (χ4v) is 2.96. The van der Waals surface area contributed by atoms with Crippen molar-refractivity contribution in [3.05, 3.63) is 23.8 Å². The highest BCUT2D eigenvalue weighted by atomic mass is 16.3. The predicted molar refractivity (Wildman–Crippen MR) is 72.7 cm³/mol. The minimum Gasteiger partial charge on any atom is -0.504 e. The van der Waals surface area contributed by atoms with Crippen molar-refractivity contribution in [1.29, 1.82) is 0 Å². The molecule has 1 aliphatic rings. The Morgan fingerprint density at radius 2 is 1.94 bits per heavy atom. The molecule has 1 aromatic rings. The SMILES string of the molecule is CCC1(CNCc2cccc(O)c2O)CCCC1. The van der Waals surface area contributed by atoms with Crippen molar-refractivity contribution in [2.75, 3.05) is 6.54 Å². The van der Waals surface area contributed by atoms with Crippen LogP contribution in [-0.4, -0.2) is 16.8 Å². The minimum absolute atomic E-state index is 0.00182. The van der Waals surface area contributed by atoms with Gasteiger partial charge in [0, 0.05) is 18.7 Å². The number of benzene rings is 1. The molecule has 100 valence electrons. The lowest BCUT2D eigenvalue weighted by atomic mass is 9.83. The zero-order valence-corrected chi connectivity index (χ0v) is 11.1. The van der Waals surface area contributed by atoms with Crippen LogP contribution in [0.3, 0.4) is 0 Å². The Labute approximate surface area is 109 Å². The van der Waals surface area contributed by atoms with E-state index in [0.717, 1.165) is 12.1 Å². The zero-order valence-electron chi connectivity index (χ0n) is 11.1. The molecule has 0 amide bonds. The van der Waals surface area contributed by atoms with Gasteiger partial charge in [-0.05, 0) is 30.7 Å². The summed E-state index contributed by atoms with van der Waals surface area (Å²) in [5, 5.41) is 22.6. The summed E-state index contributed by atoms with van der Waals surface area (Å²) in [6.07, 6.45) is 6.51. The van der Waals surface area contributed by atoms with Gasteiger partial charge in [-0.1, -0.05) is 31.9 Å². The number of phenolic OH excluding ortho intramolecular Hbond substituents is 2. The molecule has 3 N–H and O–H groups in total. The molecule has 0 aliphatic heterocycles. The maximum Gasteiger partial charge on any atom is 0.161 e. The van der Waals surface area contributed by atoms with Crippen LogP contribution >= 0.6 is 0 Å². The lowest BCUT2D eigenvalue weighted by Crippen LogP contribution is -2.31. The molecule has 0 saturated heterocycles. The monoisotopic (exact) mass is 249 g/mol. The Morgan fingerprint density at radius 3 is 2.61 bits per heavy atom. The van der Waals surface area contributed by atoms with Crippen LogP contribution in [0, 0.1) is 5.41 Å². The number of nitrogens with one attached hydrogen (secondary N) is 1. The maximum absolute atomic E-state index is 9.72. The van der Waals surface area contributed by atoms with Crippen molar-refractivity contribution in [2.24, 2.45) is 5.41 Å². The van der Waals surface area contributed by atoms with E-state index >= 15 is 0 Å². The van der Waals surface area contributed by atoms with Gasteiger partial charge < -0.3 is 15.5 Å². The summed E-state index contributed by atoms with van der Waals surface area (Å²) in [4.78, 5) is 0. The Balaban J connectivity index is 1.90. The van der Waals surface area contributed by atoms with E-state index in [4.69, 9.17) is 0 Å². The summed E-state index contributed by atoms with van der Waals surface area (Å²) >= 11 is 0. The molecule has 18 heavy (non-hydrogen) atoms. The average molecular weight is 249 g/mol. The largest absolute Gasteiger partial charge is 0.504 e. The van der Waals surface area contributed by atoms with Crippen LogP contribution in [0.15, 0.2) is 18.2 Å². The van der Waals surface area contributed by atoms with Crippen LogP contribution in [0.5, 0.6) is 11.5 Å². The third kappa shape index (κ3) is 2.78. The number of hydrogen-bond donors (Lipinski definition) is 3. The van der Waals surface area contributed by atoms with Crippen LogP contribution in [0.4, 0.5) is 0 Å². The molecule has 3 heteroatoms. The molecule has 0 atom stereocenters. The second-order valence-electron chi connectivity index (χ2n) is 5.45. The van der Waals surface area contributed by atoms with Crippen molar-refractivity contribution in [3.63, 3.8) is 0 Å². The zero-order chi connectivity index (χ0) is 13.0. The van der Waals surface area contributed by atoms with Crippen molar-refractivity contribution in [2.45, 2.75) is 45.6 Å². The summed E-state index contributed by atoms with van der Waals surface area (Å²) in [6.45, 7) is 3.87. The highest BCUT2D eigenvalue weighted by Crippen LogP contribution is 2.40. The maximum atomic E-state index is 9.72. The van der Waals surface area contributed by atoms with Gasteiger partial charge in [0.05, 0.1) is 0 Å². The van der Waals surface area contributed by atoms with Gasteiger partial charge >= 0.3 is 0 Å². The third-order valence-electron chi connectivity index (χ3n) is 4.33. The van der Waals surface area contributed by atoms with E-state index in [9.17, 15) is 10.2 Å². The van der Waals surface area contributed by atoms with Gasteiger partial charge in [0.25, 0.3) is 0 Å². The van der Waals surface area contributed by atoms with E-state index < -0.39 is 0 Å². The molecule has 0 radical (unpaired) electrons. The van der Waals surface area contributed by atoms with Gasteiger partial charge in [-0.2, -0.15) is 0 Å². The predicted octanol–water partition coefficient (Wildman–Crippen LogP) is 3.16. The van der Waals surface area contributed by atoms with Crippen LogP contribution < -0.4 is 5.32 Å². The summed E-state index contributed by atoms with van der Waals surface area (Å²) in [6, 6.07) is 5.11. The standard InChI is InChI=1S/C15H23NO2/c1-2-15(8-3-4-9-15)11-16-10-12-6-5-7-13(17)14(12)18/h5-7,16-18H,2-4,8-11H2,1H3. The van der Waals surface area contributed by atoms with E-state index in [1.807, 2.05) is 6.07 Å². The minimum atomic E-state index is -0.0413. The Hall–Kier alpha value is -1.22. The number of phenols is 2. The summed E-state index contributed by atoms with van der Waals surface area (Å²) in [5.74, 6) is -0.0395. The van der Waals surface area contributed by atoms with Crippen molar-refractivity contribution in [1.82, 2.24) is 5.32 Å². The fourth-order valence-electron chi connectivity index (χ4n) is 2.96. The van der Waals surface area contributed by atoms with Gasteiger partial charge in [-0.3, -0.25) is 0 Å². The molecule has 0 bridgehead atoms. The summed E-state index contributed by atoms with van der Waals surface area (Å²) in [7, 11) is 0. The van der Waals surface area contributed by atoms with Crippen LogP contribution in [0.25, 0.3) is 0 Å². The van der Waals surface area contributed by atoms with Gasteiger partial charge in [0.15, 0.2) is 11.5 Å². The number of rotatable bonds is 5. The second kappa shape index (κ2) is 5.61. The Morgan fingerprint density at radius 1 is 1.22 bits per heavy atom. The smallest absolute Gasteiger partial charge is 0.161 e. The molecule has 1 fully saturated rings. The molecule has 0 spiro atoms. The molecule has 3 nitrogen and oxygen atoms in total. The highest BCUT2D eigenvalue weighted by molar-refractivity contribution is 5.44. The van der Waals surface area contributed by atoms with E-state index in [1.54, 1.807) is 6.07 Å². The average Bonchev–Trinajstić information content (AvgIpc) is 2.84. The first-order valence-corrected chi connectivity index (χ1v) is 6.87. The molecule has 2 rings (SSSR count). The number of hydrogen-bond acceptors (Lipinski definition) is 3. The van der Waals surface area contributed by atoms with Crippen LogP contribution in [-0.2, 0) is 6.54 Å². The molecule has 0 heterocycles. The molecule has 0 aromatic heterocycles. The summed E-state index contributed by atoms with van der Waals surface area (Å²) < 4.78 is 0. The topological polar surface area (TPSA) is 52.5 Å². The second-order valence-corrected chi connectivity index (χ2v) is 5.45. The van der Waals surface area contributed by atoms with Gasteiger partial charge in [0.1, 0.15) is 0 Å². The first kappa shape index (κ1) is 13.2. The highest BCUT2D eigenvalue weighted by Gasteiger charge is 2.31. The van der Waals surface area contributed by atoms with E-state index in [0.29, 0.717) is 12.0 Å². The molecule has 1 saturated carbocycles. The summed E-state index contributed by atoms with van der Waals surface area (Å²) in [5.41, 5.74) is 1.21. The van der Waals surface area contributed by atoms with Crippen LogP contribution in [0.2, 0.25) is 0 Å². The Bertz CT molecular complexity index is 397. The fraction of sp³-hybridized carbons (Fsp3) is 0.600. The molecule has 0 unspecified atom stereocenters. The van der Waals surface area contributed by atoms with Crippen molar-refractivity contribution < 1.29 is 10.2 Å². The molecular weight excluding hydrogens is 226 g/mol. The van der Waals surface area contributed by atoms with E-state index in [2.05, 4.69) is 12.2 Å². The quantitative estimate of drug-likeness (QED) is 0.703. The third-order valence-corrected chi connectivity index (χ3v) is 4.33. The van der Waals surface area contributed by atoms with Crippen molar-refractivity contribution in [3.8, 4) is 11.5 Å². The van der Waals surface area contributed by atoms with E-state index in [-0.39, 0.29) is 11.5 Å². The number of aromatic hydroxyl groups is 2. The lowest BCUT2D eigenvalue weighted by molar-refractivity contribution is 0.267. The molecular formula is C15H23NO2. The Kier molecular flexibility index (Phi) is 4.12. The van der Waals surface area contributed by atoms with Gasteiger partial charge in [-0.25, -0.2) is 0 Å². The van der Waals surface area contributed by atoms with Crippen LogP contribution in [0.1, 0.15) is 44.6 Å². The first-order valence-electron chi connectivity index (χ1n) is 6.87. The molecule has 1 aromatic carbocycles. The number of para-hydroxylation sites is 1. The molecule has 1 aliphatic carbocycles.